The maximum atomic E-state index is 9.85. The number of hydroxylamine groups is 1. The quantitative estimate of drug-likeness (QED) is 0.856. The molecule has 0 radical (unpaired) electrons. The van der Waals surface area contributed by atoms with Crippen molar-refractivity contribution in [2.75, 3.05) is 0 Å². The SMILES string of the molecule is CCC1=C(CC)N(O)NC(Oc2cccnc2)=C1. The second kappa shape index (κ2) is 5.55. The van der Waals surface area contributed by atoms with E-state index in [0.29, 0.717) is 11.6 Å². The van der Waals surface area contributed by atoms with Gasteiger partial charge in [0, 0.05) is 12.3 Å². The van der Waals surface area contributed by atoms with Crippen LogP contribution in [0.25, 0.3) is 0 Å². The third kappa shape index (κ3) is 2.62. The maximum absolute atomic E-state index is 9.85. The highest BCUT2D eigenvalue weighted by molar-refractivity contribution is 5.30. The van der Waals surface area contributed by atoms with Gasteiger partial charge in [-0.15, -0.1) is 0 Å². The van der Waals surface area contributed by atoms with Gasteiger partial charge in [0.15, 0.2) is 0 Å². The Morgan fingerprint density at radius 3 is 2.83 bits per heavy atom. The van der Waals surface area contributed by atoms with Crippen LogP contribution in [0.2, 0.25) is 0 Å². The van der Waals surface area contributed by atoms with Crippen LogP contribution in [0.5, 0.6) is 5.75 Å². The molecule has 2 rings (SSSR count). The summed E-state index contributed by atoms with van der Waals surface area (Å²) in [6.45, 7) is 4.04. The summed E-state index contributed by atoms with van der Waals surface area (Å²) in [7, 11) is 0. The van der Waals surface area contributed by atoms with Crippen LogP contribution in [0.15, 0.2) is 47.8 Å². The first-order valence-corrected chi connectivity index (χ1v) is 6.01. The summed E-state index contributed by atoms with van der Waals surface area (Å²) in [6, 6.07) is 3.60. The molecule has 96 valence electrons. The van der Waals surface area contributed by atoms with Crippen LogP contribution in [-0.4, -0.2) is 15.4 Å². The van der Waals surface area contributed by atoms with Gasteiger partial charge in [0.2, 0.25) is 5.88 Å². The molecule has 0 atom stereocenters. The monoisotopic (exact) mass is 247 g/mol. The summed E-state index contributed by atoms with van der Waals surface area (Å²) in [5.74, 6) is 1.11. The third-order valence-electron chi connectivity index (χ3n) is 2.73. The number of ether oxygens (including phenoxy) is 1. The minimum absolute atomic E-state index is 0.486. The summed E-state index contributed by atoms with van der Waals surface area (Å²) in [5.41, 5.74) is 4.68. The van der Waals surface area contributed by atoms with E-state index in [4.69, 9.17) is 4.74 Å². The van der Waals surface area contributed by atoms with E-state index in [1.807, 2.05) is 26.0 Å². The van der Waals surface area contributed by atoms with Gasteiger partial charge in [0.05, 0.1) is 11.9 Å². The average Bonchev–Trinajstić information content (AvgIpc) is 2.39. The summed E-state index contributed by atoms with van der Waals surface area (Å²) in [5, 5.41) is 10.9. The molecular weight excluding hydrogens is 230 g/mol. The van der Waals surface area contributed by atoms with E-state index in [2.05, 4.69) is 10.4 Å². The van der Waals surface area contributed by atoms with E-state index in [0.717, 1.165) is 29.3 Å². The number of aromatic nitrogens is 1. The Morgan fingerprint density at radius 2 is 2.22 bits per heavy atom. The summed E-state index contributed by atoms with van der Waals surface area (Å²) in [4.78, 5) is 3.97. The molecule has 0 amide bonds. The molecule has 0 saturated carbocycles. The summed E-state index contributed by atoms with van der Waals surface area (Å²) >= 11 is 0. The van der Waals surface area contributed by atoms with Gasteiger partial charge in [-0.2, -0.15) is 5.17 Å². The van der Waals surface area contributed by atoms with Crippen LogP contribution >= 0.6 is 0 Å². The molecule has 0 saturated heterocycles. The Morgan fingerprint density at radius 1 is 1.39 bits per heavy atom. The largest absolute Gasteiger partial charge is 0.438 e. The first-order chi connectivity index (χ1) is 8.74. The van der Waals surface area contributed by atoms with Crippen molar-refractivity contribution in [2.45, 2.75) is 26.7 Å². The standard InChI is InChI=1S/C13H17N3O2/c1-3-10-8-13(15-16(17)12(10)4-2)18-11-6-5-7-14-9-11/h5-9,15,17H,3-4H2,1-2H3. The molecule has 0 spiro atoms. The third-order valence-corrected chi connectivity index (χ3v) is 2.73. The lowest BCUT2D eigenvalue weighted by Gasteiger charge is -2.28. The fourth-order valence-corrected chi connectivity index (χ4v) is 1.85. The van der Waals surface area contributed by atoms with E-state index >= 15 is 0 Å². The zero-order chi connectivity index (χ0) is 13.0. The Hall–Kier alpha value is -2.01. The molecule has 2 heterocycles. The molecule has 18 heavy (non-hydrogen) atoms. The van der Waals surface area contributed by atoms with Crippen molar-refractivity contribution in [3.05, 3.63) is 47.8 Å². The lowest BCUT2D eigenvalue weighted by Crippen LogP contribution is -2.38. The van der Waals surface area contributed by atoms with Gasteiger partial charge in [0.25, 0.3) is 0 Å². The summed E-state index contributed by atoms with van der Waals surface area (Å²) in [6.07, 6.45) is 6.79. The van der Waals surface area contributed by atoms with Crippen molar-refractivity contribution in [3.8, 4) is 5.75 Å². The minimum Gasteiger partial charge on any atom is -0.438 e. The van der Waals surface area contributed by atoms with Crippen LogP contribution in [0.4, 0.5) is 0 Å². The molecule has 1 aliphatic rings. The van der Waals surface area contributed by atoms with Crippen LogP contribution in [0.1, 0.15) is 26.7 Å². The number of nitrogens with zero attached hydrogens (tertiary/aromatic N) is 2. The van der Waals surface area contributed by atoms with Gasteiger partial charge in [-0.25, -0.2) is 5.43 Å². The normalized spacial score (nSPS) is 15.3. The van der Waals surface area contributed by atoms with Crippen molar-refractivity contribution in [3.63, 3.8) is 0 Å². The number of hydrazine groups is 1. The lowest BCUT2D eigenvalue weighted by molar-refractivity contribution is -0.107. The first kappa shape index (κ1) is 12.4. The second-order valence-corrected chi connectivity index (χ2v) is 3.90. The Balaban J connectivity index is 2.20. The second-order valence-electron chi connectivity index (χ2n) is 3.90. The van der Waals surface area contributed by atoms with Crippen molar-refractivity contribution in [2.24, 2.45) is 0 Å². The minimum atomic E-state index is 0.486. The van der Waals surface area contributed by atoms with Crippen LogP contribution in [0, 0.1) is 0 Å². The van der Waals surface area contributed by atoms with E-state index in [1.54, 1.807) is 18.5 Å². The first-order valence-electron chi connectivity index (χ1n) is 6.01. The zero-order valence-electron chi connectivity index (χ0n) is 10.6. The van der Waals surface area contributed by atoms with Crippen molar-refractivity contribution < 1.29 is 9.94 Å². The highest BCUT2D eigenvalue weighted by Gasteiger charge is 2.17. The number of rotatable bonds is 4. The number of nitrogens with one attached hydrogen (secondary N) is 1. The van der Waals surface area contributed by atoms with Crippen molar-refractivity contribution >= 4 is 0 Å². The fraction of sp³-hybridized carbons (Fsp3) is 0.308. The highest BCUT2D eigenvalue weighted by atomic mass is 16.6. The van der Waals surface area contributed by atoms with E-state index in [9.17, 15) is 5.21 Å². The van der Waals surface area contributed by atoms with Gasteiger partial charge in [-0.1, -0.05) is 13.8 Å². The number of hydrogen-bond donors (Lipinski definition) is 2. The number of hydrogen-bond acceptors (Lipinski definition) is 5. The van der Waals surface area contributed by atoms with Crippen molar-refractivity contribution in [1.29, 1.82) is 0 Å². The molecule has 5 heteroatoms. The maximum Gasteiger partial charge on any atom is 0.214 e. The van der Waals surface area contributed by atoms with Gasteiger partial charge in [-0.3, -0.25) is 10.2 Å². The molecule has 0 aromatic carbocycles. The predicted molar refractivity (Wildman–Crippen MR) is 67.3 cm³/mol. The Bertz CT molecular complexity index is 468. The lowest BCUT2D eigenvalue weighted by atomic mass is 10.1. The molecule has 0 bridgehead atoms. The van der Waals surface area contributed by atoms with E-state index in [-0.39, 0.29) is 0 Å². The Labute approximate surface area is 106 Å². The molecule has 1 aromatic rings. The molecular formula is C13H17N3O2. The molecule has 0 unspecified atom stereocenters. The molecule has 1 aromatic heterocycles. The van der Waals surface area contributed by atoms with E-state index < -0.39 is 0 Å². The van der Waals surface area contributed by atoms with Gasteiger partial charge in [-0.05, 0) is 30.5 Å². The van der Waals surface area contributed by atoms with Gasteiger partial charge in [0.1, 0.15) is 5.75 Å². The number of pyridine rings is 1. The van der Waals surface area contributed by atoms with E-state index in [1.165, 1.54) is 0 Å². The predicted octanol–water partition coefficient (Wildman–Crippen LogP) is 2.59. The molecule has 2 N–H and O–H groups in total. The Kier molecular flexibility index (Phi) is 3.84. The average molecular weight is 247 g/mol. The summed E-state index contributed by atoms with van der Waals surface area (Å²) < 4.78 is 5.60. The number of allylic oxidation sites excluding steroid dienone is 3. The van der Waals surface area contributed by atoms with Crippen molar-refractivity contribution in [1.82, 2.24) is 15.6 Å². The van der Waals surface area contributed by atoms with Gasteiger partial charge >= 0.3 is 0 Å². The van der Waals surface area contributed by atoms with Gasteiger partial charge < -0.3 is 4.74 Å². The molecule has 1 aliphatic heterocycles. The van der Waals surface area contributed by atoms with Crippen LogP contribution in [0.3, 0.4) is 0 Å². The molecule has 5 nitrogen and oxygen atoms in total. The smallest absolute Gasteiger partial charge is 0.214 e. The van der Waals surface area contributed by atoms with Crippen LogP contribution < -0.4 is 10.2 Å². The zero-order valence-corrected chi connectivity index (χ0v) is 10.6. The highest BCUT2D eigenvalue weighted by Crippen LogP contribution is 2.22. The van der Waals surface area contributed by atoms with Crippen LogP contribution in [-0.2, 0) is 0 Å². The molecule has 0 aliphatic carbocycles. The molecule has 0 fully saturated rings. The fourth-order valence-electron chi connectivity index (χ4n) is 1.85. The topological polar surface area (TPSA) is 57.6 Å².